The van der Waals surface area contributed by atoms with Crippen LogP contribution in [0.4, 0.5) is 23.1 Å². The van der Waals surface area contributed by atoms with Crippen molar-refractivity contribution in [2.45, 2.75) is 64.2 Å². The van der Waals surface area contributed by atoms with Crippen LogP contribution >= 0.6 is 10.8 Å². The first-order valence-electron chi connectivity index (χ1n) is 18.7. The summed E-state index contributed by atoms with van der Waals surface area (Å²) in [5, 5.41) is 15.4. The van der Waals surface area contributed by atoms with Crippen LogP contribution in [0.2, 0.25) is 0 Å². The third-order valence-electron chi connectivity index (χ3n) is 8.72. The number of carbonyl (C=O) groups excluding carboxylic acids is 2. The Morgan fingerprint density at radius 3 is 2.44 bits per heavy atom. The maximum absolute atomic E-state index is 12.4. The molecule has 8 N–H and O–H groups in total. The molecule has 0 spiro atoms. The van der Waals surface area contributed by atoms with E-state index in [0.717, 1.165) is 34.4 Å². The van der Waals surface area contributed by atoms with Crippen molar-refractivity contribution < 1.29 is 28.2 Å². The van der Waals surface area contributed by atoms with Gasteiger partial charge in [0.05, 0.1) is 18.0 Å². The van der Waals surface area contributed by atoms with E-state index in [0.29, 0.717) is 72.3 Å². The van der Waals surface area contributed by atoms with E-state index in [1.54, 1.807) is 30.5 Å². The van der Waals surface area contributed by atoms with Crippen molar-refractivity contribution in [1.82, 2.24) is 30.6 Å². The minimum Gasteiger partial charge on any atom is -0.494 e. The number of carbonyl (C=O) groups is 2. The summed E-state index contributed by atoms with van der Waals surface area (Å²) in [6.07, 6.45) is 2.43. The molecule has 1 aromatic heterocycles. The number of fused-ring (bicyclic) bond motifs is 1. The highest BCUT2D eigenvalue weighted by Gasteiger charge is 2.24. The number of nitrogens with zero attached hydrogens (tertiary/aromatic N) is 2. The Labute approximate surface area is 334 Å². The van der Waals surface area contributed by atoms with Crippen molar-refractivity contribution in [3.8, 4) is 11.5 Å². The van der Waals surface area contributed by atoms with Gasteiger partial charge in [0, 0.05) is 52.9 Å². The Morgan fingerprint density at radius 1 is 0.912 bits per heavy atom. The molecule has 0 bridgehead atoms. The third kappa shape index (κ3) is 11.9. The van der Waals surface area contributed by atoms with Crippen LogP contribution in [0.15, 0.2) is 102 Å². The Hall–Kier alpha value is -5.71. The zero-order valence-electron chi connectivity index (χ0n) is 32.5. The highest BCUT2D eigenvalue weighted by atomic mass is 32.3. The number of amides is 2. The highest BCUT2D eigenvalue weighted by molar-refractivity contribution is 8.22. The Morgan fingerprint density at radius 2 is 1.67 bits per heavy atom. The van der Waals surface area contributed by atoms with Gasteiger partial charge in [-0.3, -0.25) is 18.7 Å². The number of benzene rings is 4. The molecule has 4 aromatic carbocycles. The normalized spacial score (nSPS) is 12.7. The first-order chi connectivity index (χ1) is 27.3. The smallest absolute Gasteiger partial charge is 0.252 e. The molecule has 1 aliphatic heterocycles. The average molecular weight is 795 g/mol. The maximum atomic E-state index is 12.4. The third-order valence-corrected chi connectivity index (χ3v) is 10.5. The van der Waals surface area contributed by atoms with Crippen LogP contribution in [0.5, 0.6) is 11.5 Å². The van der Waals surface area contributed by atoms with Gasteiger partial charge in [0.2, 0.25) is 11.9 Å². The molecule has 5 aromatic rings. The fourth-order valence-electron chi connectivity index (χ4n) is 5.89. The van der Waals surface area contributed by atoms with Gasteiger partial charge in [0.1, 0.15) is 23.9 Å². The quantitative estimate of drug-likeness (QED) is 0.0418. The molecule has 1 aliphatic rings. The Balaban J connectivity index is 0.866. The molecule has 0 saturated heterocycles. The first-order valence-corrected chi connectivity index (χ1v) is 20.2. The molecule has 0 aliphatic carbocycles. The number of aryl methyl sites for hydroxylation is 1. The zero-order valence-corrected chi connectivity index (χ0v) is 33.3. The molecule has 14 nitrogen and oxygen atoms in total. The highest BCUT2D eigenvalue weighted by Crippen LogP contribution is 2.46. The summed E-state index contributed by atoms with van der Waals surface area (Å²) in [7, 11) is -3.20. The molecule has 2 heterocycles. The topological polar surface area (TPSA) is 191 Å². The van der Waals surface area contributed by atoms with Crippen LogP contribution in [-0.4, -0.2) is 56.1 Å². The van der Waals surface area contributed by atoms with E-state index in [1.807, 2.05) is 94.4 Å². The zero-order chi connectivity index (χ0) is 40.4. The summed E-state index contributed by atoms with van der Waals surface area (Å²) in [5.41, 5.74) is 5.29. The minimum atomic E-state index is -3.20. The fraction of sp³-hybridized carbons (Fsp3) is 0.286. The predicted octanol–water partition coefficient (Wildman–Crippen LogP) is 7.18. The van der Waals surface area contributed by atoms with E-state index >= 15 is 0 Å². The molecule has 57 heavy (non-hydrogen) atoms. The summed E-state index contributed by atoms with van der Waals surface area (Å²) in [6.45, 7) is 10.1. The van der Waals surface area contributed by atoms with E-state index in [4.69, 9.17) is 9.47 Å². The van der Waals surface area contributed by atoms with Gasteiger partial charge in [0.25, 0.3) is 5.91 Å². The molecule has 15 heteroatoms. The van der Waals surface area contributed by atoms with Gasteiger partial charge in [-0.25, -0.2) is 9.71 Å². The van der Waals surface area contributed by atoms with Crippen LogP contribution in [0.25, 0.3) is 0 Å². The summed E-state index contributed by atoms with van der Waals surface area (Å²) in [5.74, 6) is 2.23. The molecular formula is C42H50N8O6S. The molecule has 300 valence electrons. The second kappa shape index (κ2) is 18.5. The minimum absolute atomic E-state index is 0.0729. The number of rotatable bonds is 18. The largest absolute Gasteiger partial charge is 0.494 e. The maximum Gasteiger partial charge on any atom is 0.252 e. The van der Waals surface area contributed by atoms with Gasteiger partial charge in [-0.1, -0.05) is 36.4 Å². The van der Waals surface area contributed by atoms with Crippen molar-refractivity contribution >= 4 is 45.7 Å². The van der Waals surface area contributed by atoms with Crippen LogP contribution in [-0.2, 0) is 24.5 Å². The number of anilines is 4. The van der Waals surface area contributed by atoms with E-state index in [1.165, 1.54) is 0 Å². The number of ether oxygens (including phenoxy) is 2. The van der Waals surface area contributed by atoms with E-state index < -0.39 is 16.3 Å². The van der Waals surface area contributed by atoms with Crippen molar-refractivity contribution in [1.29, 1.82) is 0 Å². The molecule has 6 rings (SSSR count). The number of hydrogen-bond donors (Lipinski definition) is 8. The summed E-state index contributed by atoms with van der Waals surface area (Å²) in [4.78, 5) is 33.7. The lowest BCUT2D eigenvalue weighted by atomic mass is 10.1. The summed E-state index contributed by atoms with van der Waals surface area (Å²) >= 11 is 0. The molecular weight excluding hydrogens is 745 g/mol. The summed E-state index contributed by atoms with van der Waals surface area (Å²) in [6, 6.07) is 27.8. The molecule has 0 unspecified atom stereocenters. The van der Waals surface area contributed by atoms with Crippen LogP contribution in [0, 0.1) is 6.92 Å². The van der Waals surface area contributed by atoms with Gasteiger partial charge >= 0.3 is 0 Å². The first kappa shape index (κ1) is 40.9. The van der Waals surface area contributed by atoms with Gasteiger partial charge < -0.3 is 36.1 Å². The van der Waals surface area contributed by atoms with Crippen LogP contribution in [0.1, 0.15) is 59.8 Å². The van der Waals surface area contributed by atoms with Crippen LogP contribution in [0.3, 0.4) is 0 Å². The monoisotopic (exact) mass is 794 g/mol. The number of nitrogens with one attached hydrogen (secondary N) is 6. The second-order valence-corrected chi connectivity index (χ2v) is 16.4. The van der Waals surface area contributed by atoms with Gasteiger partial charge in [-0.15, -0.1) is 10.8 Å². The number of aromatic nitrogens is 2. The van der Waals surface area contributed by atoms with Gasteiger partial charge in [-0.05, 0) is 106 Å². The molecule has 0 radical (unpaired) electrons. The molecule has 0 fully saturated rings. The van der Waals surface area contributed by atoms with Crippen molar-refractivity contribution in [3.63, 3.8) is 0 Å². The molecule has 0 atom stereocenters. The van der Waals surface area contributed by atoms with E-state index in [2.05, 4.69) is 41.3 Å². The Kier molecular flexibility index (Phi) is 13.3. The second-order valence-electron chi connectivity index (χ2n) is 14.7. The van der Waals surface area contributed by atoms with E-state index in [-0.39, 0.29) is 18.4 Å². The lowest BCUT2D eigenvalue weighted by Gasteiger charge is -2.39. The fourth-order valence-corrected chi connectivity index (χ4v) is 7.42. The van der Waals surface area contributed by atoms with E-state index in [9.17, 15) is 18.7 Å². The Bertz CT molecular complexity index is 2160. The van der Waals surface area contributed by atoms with Crippen molar-refractivity contribution in [3.05, 3.63) is 125 Å². The standard InChI is InChI=1S/C42H50N8O6S/c1-28-23-46-41(49-39(28)47-32-8-5-9-34(22-32)57(53,54)50-42(2,3)4)48-31-16-18-33(19-17-31)55-21-7-20-43-26-38(51)44-24-29-12-14-30(15-13-29)27-56-37-11-6-10-35-36(37)25-45-40(35)52/h5-6,8-19,22-23,43,50,53-54H,7,20-21,24-27H2,1-4H3,(H,44,51)(H,45,52)(H2,46,47,48,49). The molecule has 2 amide bonds. The predicted molar refractivity (Wildman–Crippen MR) is 223 cm³/mol. The average Bonchev–Trinajstić information content (AvgIpc) is 3.57. The van der Waals surface area contributed by atoms with Crippen LogP contribution < -0.4 is 40.8 Å². The van der Waals surface area contributed by atoms with Gasteiger partial charge in [0.15, 0.2) is 0 Å². The van der Waals surface area contributed by atoms with Crippen molar-refractivity contribution in [2.75, 3.05) is 30.3 Å². The lowest BCUT2D eigenvalue weighted by molar-refractivity contribution is -0.120. The van der Waals surface area contributed by atoms with Crippen molar-refractivity contribution in [2.24, 2.45) is 0 Å². The lowest BCUT2D eigenvalue weighted by Crippen LogP contribution is -2.37. The van der Waals surface area contributed by atoms with Gasteiger partial charge in [-0.2, -0.15) is 4.98 Å². The number of hydrogen-bond acceptors (Lipinski definition) is 12. The molecule has 0 saturated carbocycles. The summed E-state index contributed by atoms with van der Waals surface area (Å²) < 4.78 is 36.2. The SMILES string of the molecule is Cc1cnc(Nc2ccc(OCCCNCC(=O)NCc3ccc(COc4cccc5c4CNC5=O)cc3)cc2)nc1Nc1cccc(S(O)(O)NC(C)(C)C)c1.